The minimum atomic E-state index is -0.297. The molecule has 2 aromatic carbocycles. The Balaban J connectivity index is 1.81. The lowest BCUT2D eigenvalue weighted by Gasteiger charge is -2.33. The molecule has 0 heterocycles. The van der Waals surface area contributed by atoms with E-state index in [4.69, 9.17) is 11.6 Å². The van der Waals surface area contributed by atoms with Gasteiger partial charge in [0.1, 0.15) is 5.82 Å². The maximum atomic E-state index is 13.2. The third-order valence-electron chi connectivity index (χ3n) is 4.27. The summed E-state index contributed by atoms with van der Waals surface area (Å²) in [7, 11) is 0. The molecule has 0 bridgehead atoms. The lowest BCUT2D eigenvalue weighted by atomic mass is 9.80. The third-order valence-corrected chi connectivity index (χ3v) is 4.58. The van der Waals surface area contributed by atoms with Crippen molar-refractivity contribution in [1.82, 2.24) is 0 Å². The summed E-state index contributed by atoms with van der Waals surface area (Å²) in [4.78, 5) is 0. The summed E-state index contributed by atoms with van der Waals surface area (Å²) in [6.07, 6.45) is 4.78. The van der Waals surface area contributed by atoms with E-state index in [1.54, 1.807) is 6.07 Å². The Morgan fingerprint density at radius 2 is 1.76 bits per heavy atom. The largest absolute Gasteiger partial charge is 0.380 e. The molecule has 2 unspecified atom stereocenters. The van der Waals surface area contributed by atoms with Crippen LogP contribution in [0.3, 0.4) is 0 Å². The average molecular weight is 304 g/mol. The van der Waals surface area contributed by atoms with Gasteiger partial charge >= 0.3 is 0 Å². The summed E-state index contributed by atoms with van der Waals surface area (Å²) in [6, 6.07) is 15.5. The van der Waals surface area contributed by atoms with Crippen LogP contribution in [0.4, 0.5) is 10.1 Å². The van der Waals surface area contributed by atoms with E-state index in [1.165, 1.54) is 37.0 Å². The first-order valence-electron chi connectivity index (χ1n) is 7.50. The van der Waals surface area contributed by atoms with Crippen molar-refractivity contribution in [3.05, 3.63) is 64.9 Å². The Morgan fingerprint density at radius 1 is 1.00 bits per heavy atom. The van der Waals surface area contributed by atoms with Crippen molar-refractivity contribution in [3.8, 4) is 0 Å². The molecule has 0 amide bonds. The van der Waals surface area contributed by atoms with Crippen LogP contribution in [0, 0.1) is 5.82 Å². The first-order chi connectivity index (χ1) is 10.2. The van der Waals surface area contributed by atoms with Crippen molar-refractivity contribution in [2.45, 2.75) is 37.6 Å². The predicted molar refractivity (Wildman–Crippen MR) is 86.5 cm³/mol. The highest BCUT2D eigenvalue weighted by Gasteiger charge is 2.26. The van der Waals surface area contributed by atoms with Gasteiger partial charge in [-0.25, -0.2) is 4.39 Å². The fraction of sp³-hybridized carbons (Fsp3) is 0.333. The van der Waals surface area contributed by atoms with E-state index < -0.39 is 0 Å². The average Bonchev–Trinajstić information content (AvgIpc) is 2.51. The lowest BCUT2D eigenvalue weighted by Crippen LogP contribution is -2.30. The third kappa shape index (κ3) is 3.38. The molecule has 1 aliphatic carbocycles. The molecule has 0 spiro atoms. The Morgan fingerprint density at radius 3 is 2.52 bits per heavy atom. The van der Waals surface area contributed by atoms with Crippen molar-refractivity contribution in [2.24, 2.45) is 0 Å². The van der Waals surface area contributed by atoms with Crippen LogP contribution in [-0.4, -0.2) is 6.04 Å². The predicted octanol–water partition coefficient (Wildman–Crippen LogP) is 5.62. The summed E-state index contributed by atoms with van der Waals surface area (Å²) in [5.74, 6) is 0.190. The molecule has 3 rings (SSSR count). The number of hydrogen-bond donors (Lipinski definition) is 1. The zero-order valence-corrected chi connectivity index (χ0v) is 12.6. The second-order valence-corrected chi connectivity index (χ2v) is 6.08. The first kappa shape index (κ1) is 14.4. The molecule has 0 radical (unpaired) electrons. The molecule has 0 aromatic heterocycles. The fourth-order valence-corrected chi connectivity index (χ4v) is 3.43. The molecule has 1 fully saturated rings. The summed E-state index contributed by atoms with van der Waals surface area (Å²) in [5.41, 5.74) is 2.19. The van der Waals surface area contributed by atoms with Crippen molar-refractivity contribution in [1.29, 1.82) is 0 Å². The molecule has 2 aromatic rings. The van der Waals surface area contributed by atoms with Crippen LogP contribution in [0.25, 0.3) is 0 Å². The molecular weight excluding hydrogens is 285 g/mol. The van der Waals surface area contributed by atoms with Crippen molar-refractivity contribution in [2.75, 3.05) is 5.32 Å². The molecule has 110 valence electrons. The van der Waals surface area contributed by atoms with E-state index >= 15 is 0 Å². The van der Waals surface area contributed by atoms with Crippen molar-refractivity contribution < 1.29 is 4.39 Å². The van der Waals surface area contributed by atoms with Crippen LogP contribution in [-0.2, 0) is 0 Å². The molecule has 2 atom stereocenters. The summed E-state index contributed by atoms with van der Waals surface area (Å²) < 4.78 is 13.2. The number of nitrogens with one attached hydrogen (secondary N) is 1. The number of hydrogen-bond acceptors (Lipinski definition) is 1. The van der Waals surface area contributed by atoms with Crippen LogP contribution in [0.2, 0.25) is 5.02 Å². The minimum absolute atomic E-state index is 0.297. The van der Waals surface area contributed by atoms with Crippen LogP contribution in [0.5, 0.6) is 0 Å². The van der Waals surface area contributed by atoms with Crippen molar-refractivity contribution >= 4 is 17.3 Å². The van der Waals surface area contributed by atoms with Gasteiger partial charge in [0.15, 0.2) is 0 Å². The van der Waals surface area contributed by atoms with E-state index in [-0.39, 0.29) is 5.82 Å². The van der Waals surface area contributed by atoms with Crippen LogP contribution in [0.1, 0.15) is 37.2 Å². The smallest absolute Gasteiger partial charge is 0.124 e. The van der Waals surface area contributed by atoms with Gasteiger partial charge in [0.2, 0.25) is 0 Å². The van der Waals surface area contributed by atoms with Crippen molar-refractivity contribution in [3.63, 3.8) is 0 Å². The summed E-state index contributed by atoms with van der Waals surface area (Å²) in [5, 5.41) is 3.98. The van der Waals surface area contributed by atoms with Crippen LogP contribution < -0.4 is 5.32 Å². The standard InChI is InChI=1S/C18H19ClFN/c19-16-12-14(20)10-11-18(16)21-17-9-5-4-8-15(17)13-6-2-1-3-7-13/h1-3,6-7,10-12,15,17,21H,4-5,8-9H2. The van der Waals surface area contributed by atoms with Gasteiger partial charge in [-0.3, -0.25) is 0 Å². The monoisotopic (exact) mass is 303 g/mol. The van der Waals surface area contributed by atoms with Gasteiger partial charge in [0.05, 0.1) is 10.7 Å². The van der Waals surface area contributed by atoms with Gasteiger partial charge < -0.3 is 5.32 Å². The molecule has 1 aliphatic rings. The minimum Gasteiger partial charge on any atom is -0.380 e. The zero-order chi connectivity index (χ0) is 14.7. The molecule has 1 nitrogen and oxygen atoms in total. The Bertz CT molecular complexity index is 599. The SMILES string of the molecule is Fc1ccc(NC2CCCCC2c2ccccc2)c(Cl)c1. The Labute approximate surface area is 130 Å². The summed E-state index contributed by atoms with van der Waals surface area (Å²) >= 11 is 6.14. The van der Waals surface area contributed by atoms with Gasteiger partial charge in [-0.2, -0.15) is 0 Å². The first-order valence-corrected chi connectivity index (χ1v) is 7.88. The van der Waals surface area contributed by atoms with E-state index in [2.05, 4.69) is 29.6 Å². The molecule has 1 saturated carbocycles. The number of rotatable bonds is 3. The molecule has 3 heteroatoms. The lowest BCUT2D eigenvalue weighted by molar-refractivity contribution is 0.405. The highest BCUT2D eigenvalue weighted by molar-refractivity contribution is 6.33. The molecule has 0 saturated heterocycles. The van der Waals surface area contributed by atoms with Crippen LogP contribution >= 0.6 is 11.6 Å². The van der Waals surface area contributed by atoms with Gasteiger partial charge in [0.25, 0.3) is 0 Å². The number of halogens is 2. The number of benzene rings is 2. The topological polar surface area (TPSA) is 12.0 Å². The molecular formula is C18H19ClFN. The van der Waals surface area contributed by atoms with Gasteiger partial charge in [-0.1, -0.05) is 54.8 Å². The van der Waals surface area contributed by atoms with E-state index in [9.17, 15) is 4.39 Å². The molecule has 0 aliphatic heterocycles. The normalized spacial score (nSPS) is 22.0. The van der Waals surface area contributed by atoms with E-state index in [1.807, 2.05) is 6.07 Å². The maximum Gasteiger partial charge on any atom is 0.124 e. The van der Waals surface area contributed by atoms with Crippen LogP contribution in [0.15, 0.2) is 48.5 Å². The Kier molecular flexibility index (Phi) is 4.45. The van der Waals surface area contributed by atoms with Gasteiger partial charge in [-0.05, 0) is 36.6 Å². The van der Waals surface area contributed by atoms with E-state index in [0.717, 1.165) is 12.1 Å². The molecule has 1 N–H and O–H groups in total. The summed E-state index contributed by atoms with van der Waals surface area (Å²) in [6.45, 7) is 0. The second-order valence-electron chi connectivity index (χ2n) is 5.68. The quantitative estimate of drug-likeness (QED) is 0.776. The second kappa shape index (κ2) is 6.48. The Hall–Kier alpha value is -1.54. The van der Waals surface area contributed by atoms with Gasteiger partial charge in [0, 0.05) is 12.0 Å². The fourth-order valence-electron chi connectivity index (χ4n) is 3.21. The zero-order valence-electron chi connectivity index (χ0n) is 11.9. The highest BCUT2D eigenvalue weighted by Crippen LogP contribution is 2.36. The van der Waals surface area contributed by atoms with E-state index in [0.29, 0.717) is 17.0 Å². The van der Waals surface area contributed by atoms with Gasteiger partial charge in [-0.15, -0.1) is 0 Å². The molecule has 21 heavy (non-hydrogen) atoms. The highest BCUT2D eigenvalue weighted by atomic mass is 35.5. The maximum absolute atomic E-state index is 13.2. The number of anilines is 1.